The Balaban J connectivity index is 2.13. The number of thioether (sulfide) groups is 1. The summed E-state index contributed by atoms with van der Waals surface area (Å²) in [5.41, 5.74) is 7.00. The summed E-state index contributed by atoms with van der Waals surface area (Å²) in [6, 6.07) is 7.82. The molecule has 0 aliphatic carbocycles. The maximum absolute atomic E-state index is 5.87. The quantitative estimate of drug-likeness (QED) is 0.867. The Morgan fingerprint density at radius 2 is 2.12 bits per heavy atom. The van der Waals surface area contributed by atoms with Crippen LogP contribution in [-0.4, -0.2) is 16.3 Å². The highest BCUT2D eigenvalue weighted by molar-refractivity contribution is 7.99. The number of aryl methyl sites for hydroxylation is 1. The van der Waals surface area contributed by atoms with E-state index in [0.29, 0.717) is 6.54 Å². The second-order valence-corrected chi connectivity index (χ2v) is 5.46. The highest BCUT2D eigenvalue weighted by atomic mass is 35.5. The zero-order valence-electron chi connectivity index (χ0n) is 9.51. The van der Waals surface area contributed by atoms with Gasteiger partial charge in [-0.25, -0.2) is 0 Å². The number of nitrogens with two attached hydrogens (primary N) is 1. The van der Waals surface area contributed by atoms with Gasteiger partial charge in [-0.15, -0.1) is 11.8 Å². The summed E-state index contributed by atoms with van der Waals surface area (Å²) in [6.45, 7) is 0.585. The molecule has 1 aromatic heterocycles. The Morgan fingerprint density at radius 1 is 1.41 bits per heavy atom. The van der Waals surface area contributed by atoms with Gasteiger partial charge in [-0.2, -0.15) is 5.10 Å². The first-order valence-corrected chi connectivity index (χ1v) is 6.55. The fraction of sp³-hybridized carbons (Fsp3) is 0.250. The number of hydrogen-bond donors (Lipinski definition) is 1. The Labute approximate surface area is 110 Å². The molecule has 0 saturated heterocycles. The first kappa shape index (κ1) is 12.5. The monoisotopic (exact) mass is 267 g/mol. The lowest BCUT2D eigenvalue weighted by molar-refractivity contribution is 0.766. The molecule has 1 aromatic carbocycles. The predicted octanol–water partition coefficient (Wildman–Crippen LogP) is 2.87. The van der Waals surface area contributed by atoms with E-state index >= 15 is 0 Å². The zero-order valence-corrected chi connectivity index (χ0v) is 11.1. The molecule has 2 rings (SSSR count). The third-order valence-corrected chi connectivity index (χ3v) is 3.90. The molecule has 5 heteroatoms. The molecule has 0 aliphatic heterocycles. The topological polar surface area (TPSA) is 43.8 Å². The van der Waals surface area contributed by atoms with Crippen LogP contribution in [0.15, 0.2) is 41.6 Å². The summed E-state index contributed by atoms with van der Waals surface area (Å²) in [4.78, 5) is 1.12. The molecule has 2 N–H and O–H groups in total. The van der Waals surface area contributed by atoms with E-state index < -0.39 is 0 Å². The average Bonchev–Trinajstić information content (AvgIpc) is 2.73. The van der Waals surface area contributed by atoms with Gasteiger partial charge in [0, 0.05) is 35.0 Å². The molecule has 90 valence electrons. The van der Waals surface area contributed by atoms with E-state index in [-0.39, 0.29) is 5.25 Å². The maximum Gasteiger partial charge on any atom is 0.0626 e. The molecular formula is C12H14ClN3S. The molecule has 0 amide bonds. The van der Waals surface area contributed by atoms with E-state index in [1.54, 1.807) is 16.4 Å². The van der Waals surface area contributed by atoms with Gasteiger partial charge in [0.15, 0.2) is 0 Å². The van der Waals surface area contributed by atoms with Gasteiger partial charge in [0.25, 0.3) is 0 Å². The molecule has 0 radical (unpaired) electrons. The van der Waals surface area contributed by atoms with Gasteiger partial charge >= 0.3 is 0 Å². The smallest absolute Gasteiger partial charge is 0.0626 e. The Morgan fingerprint density at radius 3 is 2.65 bits per heavy atom. The lowest BCUT2D eigenvalue weighted by Gasteiger charge is -2.13. The lowest BCUT2D eigenvalue weighted by Crippen LogP contribution is -2.08. The number of aromatic nitrogens is 2. The molecule has 2 aromatic rings. The Bertz CT molecular complexity index is 481. The molecule has 0 spiro atoms. The molecule has 1 unspecified atom stereocenters. The molecule has 0 aliphatic rings. The summed E-state index contributed by atoms with van der Waals surface area (Å²) < 4.78 is 1.79. The third-order valence-electron chi connectivity index (χ3n) is 2.42. The minimum atomic E-state index is 0.233. The van der Waals surface area contributed by atoms with Gasteiger partial charge in [0.1, 0.15) is 0 Å². The fourth-order valence-electron chi connectivity index (χ4n) is 1.55. The van der Waals surface area contributed by atoms with E-state index in [4.69, 9.17) is 17.3 Å². The molecule has 1 heterocycles. The SMILES string of the molecule is Cn1cc(SC(CN)c2ccc(Cl)cc2)cn1. The van der Waals surface area contributed by atoms with Crippen molar-refractivity contribution in [2.24, 2.45) is 12.8 Å². The summed E-state index contributed by atoms with van der Waals surface area (Å²) in [6.07, 6.45) is 3.84. The van der Waals surface area contributed by atoms with Crippen LogP contribution in [0.4, 0.5) is 0 Å². The second-order valence-electron chi connectivity index (χ2n) is 3.74. The van der Waals surface area contributed by atoms with Crippen LogP contribution in [0.25, 0.3) is 0 Å². The molecule has 0 bridgehead atoms. The molecule has 0 fully saturated rings. The van der Waals surface area contributed by atoms with E-state index in [1.165, 1.54) is 5.56 Å². The highest BCUT2D eigenvalue weighted by Crippen LogP contribution is 2.34. The Hall–Kier alpha value is -0.970. The normalized spacial score (nSPS) is 12.6. The van der Waals surface area contributed by atoms with Gasteiger partial charge in [-0.05, 0) is 17.7 Å². The van der Waals surface area contributed by atoms with Crippen molar-refractivity contribution < 1.29 is 0 Å². The van der Waals surface area contributed by atoms with Crippen molar-refractivity contribution in [3.63, 3.8) is 0 Å². The molecule has 0 saturated carbocycles. The van der Waals surface area contributed by atoms with Crippen LogP contribution in [0.2, 0.25) is 5.02 Å². The zero-order chi connectivity index (χ0) is 12.3. The van der Waals surface area contributed by atoms with E-state index in [9.17, 15) is 0 Å². The van der Waals surface area contributed by atoms with E-state index in [0.717, 1.165) is 9.92 Å². The van der Waals surface area contributed by atoms with Crippen LogP contribution < -0.4 is 5.73 Å². The maximum atomic E-state index is 5.87. The first-order chi connectivity index (χ1) is 8.19. The minimum absolute atomic E-state index is 0.233. The summed E-state index contributed by atoms with van der Waals surface area (Å²) >= 11 is 7.59. The van der Waals surface area contributed by atoms with Crippen LogP contribution in [-0.2, 0) is 7.05 Å². The Kier molecular flexibility index (Phi) is 4.10. The average molecular weight is 268 g/mol. The molecule has 1 atom stereocenters. The molecule has 3 nitrogen and oxygen atoms in total. The molecular weight excluding hydrogens is 254 g/mol. The van der Waals surface area contributed by atoms with Crippen molar-refractivity contribution >= 4 is 23.4 Å². The summed E-state index contributed by atoms with van der Waals surface area (Å²) in [5.74, 6) is 0. The van der Waals surface area contributed by atoms with Gasteiger partial charge < -0.3 is 5.73 Å². The van der Waals surface area contributed by atoms with Crippen molar-refractivity contribution in [3.8, 4) is 0 Å². The van der Waals surface area contributed by atoms with Crippen molar-refractivity contribution in [1.82, 2.24) is 9.78 Å². The fourth-order valence-corrected chi connectivity index (χ4v) is 2.72. The largest absolute Gasteiger partial charge is 0.329 e. The van der Waals surface area contributed by atoms with Crippen molar-refractivity contribution in [1.29, 1.82) is 0 Å². The number of hydrogen-bond acceptors (Lipinski definition) is 3. The first-order valence-electron chi connectivity index (χ1n) is 5.30. The van der Waals surface area contributed by atoms with Crippen molar-refractivity contribution in [3.05, 3.63) is 47.2 Å². The predicted molar refractivity (Wildman–Crippen MR) is 72.3 cm³/mol. The van der Waals surface area contributed by atoms with Gasteiger partial charge in [-0.3, -0.25) is 4.68 Å². The summed E-state index contributed by atoms with van der Waals surface area (Å²) in [7, 11) is 1.91. The van der Waals surface area contributed by atoms with Gasteiger partial charge in [0.2, 0.25) is 0 Å². The van der Waals surface area contributed by atoms with E-state index in [1.807, 2.05) is 43.7 Å². The van der Waals surface area contributed by atoms with Crippen LogP contribution in [0, 0.1) is 0 Å². The number of halogens is 1. The van der Waals surface area contributed by atoms with Crippen LogP contribution in [0.1, 0.15) is 10.8 Å². The second kappa shape index (κ2) is 5.58. The number of nitrogens with zero attached hydrogens (tertiary/aromatic N) is 2. The van der Waals surface area contributed by atoms with Gasteiger partial charge in [0.05, 0.1) is 6.20 Å². The van der Waals surface area contributed by atoms with Crippen LogP contribution in [0.5, 0.6) is 0 Å². The van der Waals surface area contributed by atoms with Crippen molar-refractivity contribution in [2.45, 2.75) is 10.1 Å². The lowest BCUT2D eigenvalue weighted by atomic mass is 10.1. The number of benzene rings is 1. The summed E-state index contributed by atoms with van der Waals surface area (Å²) in [5, 5.41) is 5.12. The van der Waals surface area contributed by atoms with Crippen LogP contribution in [0.3, 0.4) is 0 Å². The van der Waals surface area contributed by atoms with Gasteiger partial charge in [-0.1, -0.05) is 23.7 Å². The van der Waals surface area contributed by atoms with Crippen LogP contribution >= 0.6 is 23.4 Å². The third kappa shape index (κ3) is 3.25. The highest BCUT2D eigenvalue weighted by Gasteiger charge is 2.12. The standard InChI is InChI=1S/C12H14ClN3S/c1-16-8-11(7-15-16)17-12(6-14)9-2-4-10(13)5-3-9/h2-5,7-8,12H,6,14H2,1H3. The number of rotatable bonds is 4. The van der Waals surface area contributed by atoms with E-state index in [2.05, 4.69) is 5.10 Å². The van der Waals surface area contributed by atoms with Crippen molar-refractivity contribution in [2.75, 3.05) is 6.54 Å². The minimum Gasteiger partial charge on any atom is -0.329 e. The molecule has 17 heavy (non-hydrogen) atoms.